The highest BCUT2D eigenvalue weighted by atomic mass is 16.5. The van der Waals surface area contributed by atoms with E-state index < -0.39 is 0 Å². The summed E-state index contributed by atoms with van der Waals surface area (Å²) in [6.07, 6.45) is 1.04. The van der Waals surface area contributed by atoms with Crippen LogP contribution in [-0.2, 0) is 6.42 Å². The fraction of sp³-hybridized carbons (Fsp3) is 0.364. The van der Waals surface area contributed by atoms with E-state index >= 15 is 0 Å². The fourth-order valence-corrected chi connectivity index (χ4v) is 1.59. The predicted octanol–water partition coefficient (Wildman–Crippen LogP) is 1.19. The lowest BCUT2D eigenvalue weighted by Crippen LogP contribution is -2.15. The van der Waals surface area contributed by atoms with Crippen molar-refractivity contribution in [3.05, 3.63) is 29.3 Å². The molecule has 3 nitrogen and oxygen atoms in total. The maximum Gasteiger partial charge on any atom is 0.170 e. The van der Waals surface area contributed by atoms with E-state index in [0.717, 1.165) is 5.56 Å². The average Bonchev–Trinajstić information content (AvgIpc) is 2.20. The van der Waals surface area contributed by atoms with Crippen molar-refractivity contribution in [2.75, 3.05) is 13.2 Å². The summed E-state index contributed by atoms with van der Waals surface area (Å²) in [6.45, 7) is 0.582. The van der Waals surface area contributed by atoms with E-state index in [-0.39, 0.29) is 12.4 Å². The lowest BCUT2D eigenvalue weighted by Gasteiger charge is -2.16. The maximum absolute atomic E-state index is 11.5. The number of carbonyl (C=O) groups excluding carboxylic acids is 1. The second-order valence-electron chi connectivity index (χ2n) is 3.33. The summed E-state index contributed by atoms with van der Waals surface area (Å²) in [5.74, 6) is 0.800. The molecule has 1 N–H and O–H groups in total. The van der Waals surface area contributed by atoms with E-state index in [2.05, 4.69) is 0 Å². The third-order valence-corrected chi connectivity index (χ3v) is 2.33. The number of ketones is 1. The highest BCUT2D eigenvalue weighted by Gasteiger charge is 2.18. The molecule has 14 heavy (non-hydrogen) atoms. The van der Waals surface area contributed by atoms with Crippen LogP contribution in [0.2, 0.25) is 0 Å². The molecule has 0 aliphatic carbocycles. The van der Waals surface area contributed by atoms with Crippen molar-refractivity contribution in [2.45, 2.75) is 12.8 Å². The number of rotatable bonds is 2. The average molecular weight is 192 g/mol. The standard InChI is InChI=1S/C11H12O3/c12-5-3-8-1-2-11-9(7-8)10(13)4-6-14-11/h1-2,7,12H,3-6H2. The molecule has 0 radical (unpaired) electrons. The third kappa shape index (κ3) is 1.63. The zero-order valence-corrected chi connectivity index (χ0v) is 7.82. The number of Topliss-reactive ketones (excluding diaryl/α,β-unsaturated/α-hetero) is 1. The molecular formula is C11H12O3. The topological polar surface area (TPSA) is 46.5 Å². The first-order valence-corrected chi connectivity index (χ1v) is 4.71. The summed E-state index contributed by atoms with van der Waals surface area (Å²) in [6, 6.07) is 5.50. The van der Waals surface area contributed by atoms with Crippen molar-refractivity contribution in [1.29, 1.82) is 0 Å². The number of benzene rings is 1. The van der Waals surface area contributed by atoms with Crippen LogP contribution >= 0.6 is 0 Å². The van der Waals surface area contributed by atoms with E-state index in [0.29, 0.717) is 30.8 Å². The summed E-state index contributed by atoms with van der Waals surface area (Å²) in [5, 5.41) is 8.77. The van der Waals surface area contributed by atoms with Gasteiger partial charge in [0.1, 0.15) is 5.75 Å². The lowest BCUT2D eigenvalue weighted by atomic mass is 10.0. The van der Waals surface area contributed by atoms with Gasteiger partial charge in [-0.3, -0.25) is 4.79 Å². The van der Waals surface area contributed by atoms with Crippen LogP contribution in [-0.4, -0.2) is 24.1 Å². The summed E-state index contributed by atoms with van der Waals surface area (Å²) in [4.78, 5) is 11.5. The van der Waals surface area contributed by atoms with E-state index in [1.807, 2.05) is 12.1 Å². The number of carbonyl (C=O) groups is 1. The second-order valence-corrected chi connectivity index (χ2v) is 3.33. The van der Waals surface area contributed by atoms with Gasteiger partial charge in [0.05, 0.1) is 12.2 Å². The zero-order chi connectivity index (χ0) is 9.97. The summed E-state index contributed by atoms with van der Waals surface area (Å²) in [5.41, 5.74) is 1.63. The molecule has 0 unspecified atom stereocenters. The van der Waals surface area contributed by atoms with Crippen molar-refractivity contribution in [3.63, 3.8) is 0 Å². The number of aliphatic hydroxyl groups excluding tert-OH is 1. The number of hydrogen-bond acceptors (Lipinski definition) is 3. The first-order chi connectivity index (χ1) is 6.81. The van der Waals surface area contributed by atoms with Gasteiger partial charge in [-0.25, -0.2) is 0 Å². The molecule has 1 heterocycles. The number of fused-ring (bicyclic) bond motifs is 1. The van der Waals surface area contributed by atoms with E-state index in [1.165, 1.54) is 0 Å². The first-order valence-electron chi connectivity index (χ1n) is 4.71. The van der Waals surface area contributed by atoms with Gasteiger partial charge in [-0.2, -0.15) is 0 Å². The highest BCUT2D eigenvalue weighted by Crippen LogP contribution is 2.25. The Morgan fingerprint density at radius 3 is 3.07 bits per heavy atom. The maximum atomic E-state index is 11.5. The number of hydrogen-bond donors (Lipinski definition) is 1. The molecule has 1 aliphatic heterocycles. The Hall–Kier alpha value is -1.35. The van der Waals surface area contributed by atoms with E-state index in [4.69, 9.17) is 9.84 Å². The Balaban J connectivity index is 2.36. The zero-order valence-electron chi connectivity index (χ0n) is 7.82. The molecule has 0 atom stereocenters. The minimum atomic E-state index is 0.105. The van der Waals surface area contributed by atoms with Gasteiger partial charge < -0.3 is 9.84 Å². The van der Waals surface area contributed by atoms with Crippen LogP contribution in [0, 0.1) is 0 Å². The molecule has 0 aromatic heterocycles. The quantitative estimate of drug-likeness (QED) is 0.765. The van der Waals surface area contributed by atoms with E-state index in [9.17, 15) is 4.79 Å². The Morgan fingerprint density at radius 2 is 2.29 bits per heavy atom. The number of aliphatic hydroxyl groups is 1. The van der Waals surface area contributed by atoms with Crippen LogP contribution < -0.4 is 4.74 Å². The predicted molar refractivity (Wildman–Crippen MR) is 51.7 cm³/mol. The highest BCUT2D eigenvalue weighted by molar-refractivity contribution is 5.99. The molecule has 0 amide bonds. The molecule has 0 saturated carbocycles. The molecule has 2 rings (SSSR count). The van der Waals surface area contributed by atoms with Gasteiger partial charge in [-0.15, -0.1) is 0 Å². The van der Waals surface area contributed by atoms with Crippen molar-refractivity contribution in [1.82, 2.24) is 0 Å². The van der Waals surface area contributed by atoms with Gasteiger partial charge in [0, 0.05) is 13.0 Å². The van der Waals surface area contributed by atoms with Gasteiger partial charge >= 0.3 is 0 Å². The minimum Gasteiger partial charge on any atom is -0.492 e. The molecule has 0 saturated heterocycles. The van der Waals surface area contributed by atoms with Gasteiger partial charge in [0.2, 0.25) is 0 Å². The molecule has 0 spiro atoms. The molecule has 0 bridgehead atoms. The lowest BCUT2D eigenvalue weighted by molar-refractivity contribution is 0.0933. The number of ether oxygens (including phenoxy) is 1. The van der Waals surface area contributed by atoms with Gasteiger partial charge in [-0.05, 0) is 24.1 Å². The largest absolute Gasteiger partial charge is 0.492 e. The van der Waals surface area contributed by atoms with Gasteiger partial charge in [-0.1, -0.05) is 6.07 Å². The molecule has 0 fully saturated rings. The Kier molecular flexibility index (Phi) is 2.50. The van der Waals surface area contributed by atoms with Crippen LogP contribution in [0.1, 0.15) is 22.3 Å². The molecule has 1 aliphatic rings. The SMILES string of the molecule is O=C1CCOc2ccc(CCO)cc21. The van der Waals surface area contributed by atoms with Crippen LogP contribution in [0.4, 0.5) is 0 Å². The first kappa shape index (κ1) is 9.21. The summed E-state index contributed by atoms with van der Waals surface area (Å²) < 4.78 is 5.34. The molecule has 74 valence electrons. The van der Waals surface area contributed by atoms with Crippen LogP contribution in [0.3, 0.4) is 0 Å². The van der Waals surface area contributed by atoms with Crippen molar-refractivity contribution >= 4 is 5.78 Å². The third-order valence-electron chi connectivity index (χ3n) is 2.33. The van der Waals surface area contributed by atoms with E-state index in [1.54, 1.807) is 6.07 Å². The summed E-state index contributed by atoms with van der Waals surface area (Å²) >= 11 is 0. The molecule has 1 aromatic carbocycles. The van der Waals surface area contributed by atoms with Crippen molar-refractivity contribution in [3.8, 4) is 5.75 Å². The normalized spacial score (nSPS) is 14.8. The smallest absolute Gasteiger partial charge is 0.170 e. The second kappa shape index (κ2) is 3.80. The van der Waals surface area contributed by atoms with Crippen LogP contribution in [0.5, 0.6) is 5.75 Å². The van der Waals surface area contributed by atoms with Gasteiger partial charge in [0.15, 0.2) is 5.78 Å². The van der Waals surface area contributed by atoms with Crippen molar-refractivity contribution < 1.29 is 14.6 Å². The van der Waals surface area contributed by atoms with Crippen molar-refractivity contribution in [2.24, 2.45) is 0 Å². The van der Waals surface area contributed by atoms with Gasteiger partial charge in [0.25, 0.3) is 0 Å². The van der Waals surface area contributed by atoms with Crippen LogP contribution in [0.25, 0.3) is 0 Å². The molecular weight excluding hydrogens is 180 g/mol. The molecule has 1 aromatic rings. The Morgan fingerprint density at radius 1 is 1.43 bits per heavy atom. The van der Waals surface area contributed by atoms with Crippen LogP contribution in [0.15, 0.2) is 18.2 Å². The summed E-state index contributed by atoms with van der Waals surface area (Å²) in [7, 11) is 0. The monoisotopic (exact) mass is 192 g/mol. The minimum absolute atomic E-state index is 0.105. The fourth-order valence-electron chi connectivity index (χ4n) is 1.59. The molecule has 3 heteroatoms. The Labute approximate surface area is 82.3 Å². The Bertz CT molecular complexity index is 358.